The number of aryl methyl sites for hydroxylation is 3. The second-order valence-electron chi connectivity index (χ2n) is 5.23. The molecule has 0 saturated heterocycles. The van der Waals surface area contributed by atoms with E-state index in [0.29, 0.717) is 18.1 Å². The summed E-state index contributed by atoms with van der Waals surface area (Å²) in [4.78, 5) is 16.1. The number of hydrogen-bond donors (Lipinski definition) is 0. The van der Waals surface area contributed by atoms with Crippen molar-refractivity contribution in [1.82, 2.24) is 19.9 Å². The van der Waals surface area contributed by atoms with Crippen molar-refractivity contribution >= 4 is 11.6 Å². The monoisotopic (exact) mass is 330 g/mol. The average molecular weight is 331 g/mol. The highest BCUT2D eigenvalue weighted by molar-refractivity contribution is 6.30. The van der Waals surface area contributed by atoms with Gasteiger partial charge in [0.05, 0.1) is 0 Å². The van der Waals surface area contributed by atoms with Crippen LogP contribution in [0.5, 0.6) is 0 Å². The molecule has 0 saturated carbocycles. The van der Waals surface area contributed by atoms with Crippen molar-refractivity contribution in [1.29, 1.82) is 0 Å². The molecule has 0 aliphatic rings. The smallest absolute Gasteiger partial charge is 0.285 e. The summed E-state index contributed by atoms with van der Waals surface area (Å²) in [6, 6.07) is 9.78. The maximum Gasteiger partial charge on any atom is 0.285 e. The lowest BCUT2D eigenvalue weighted by atomic mass is 10.1. The van der Waals surface area contributed by atoms with Gasteiger partial charge in [0.15, 0.2) is 5.82 Å². The lowest BCUT2D eigenvalue weighted by molar-refractivity contribution is 0.358. The van der Waals surface area contributed by atoms with Crippen molar-refractivity contribution < 1.29 is 4.52 Å². The molecule has 0 bridgehead atoms. The van der Waals surface area contributed by atoms with Gasteiger partial charge in [0.2, 0.25) is 5.89 Å². The zero-order chi connectivity index (χ0) is 16.2. The Labute approximate surface area is 137 Å². The molecule has 0 fully saturated rings. The molecule has 118 valence electrons. The Morgan fingerprint density at radius 1 is 1.17 bits per heavy atom. The van der Waals surface area contributed by atoms with Crippen molar-refractivity contribution in [2.75, 3.05) is 0 Å². The summed E-state index contributed by atoms with van der Waals surface area (Å²) in [6.45, 7) is 2.16. The normalized spacial score (nSPS) is 10.9. The fourth-order valence-electron chi connectivity index (χ4n) is 2.13. The van der Waals surface area contributed by atoms with Crippen LogP contribution >= 0.6 is 11.6 Å². The van der Waals surface area contributed by atoms with Crippen molar-refractivity contribution in [3.8, 4) is 0 Å². The summed E-state index contributed by atoms with van der Waals surface area (Å²) in [5, 5.41) is 7.98. The molecule has 1 aromatic carbocycles. The van der Waals surface area contributed by atoms with Gasteiger partial charge in [-0.05, 0) is 25.0 Å². The molecule has 0 unspecified atom stereocenters. The maximum absolute atomic E-state index is 11.8. The molecule has 0 spiro atoms. The van der Waals surface area contributed by atoms with Crippen LogP contribution < -0.4 is 5.56 Å². The van der Waals surface area contributed by atoms with Crippen LogP contribution in [0.4, 0.5) is 0 Å². The highest BCUT2D eigenvalue weighted by atomic mass is 35.5. The first kappa shape index (κ1) is 15.4. The second kappa shape index (κ2) is 6.75. The van der Waals surface area contributed by atoms with Crippen molar-refractivity contribution in [3.63, 3.8) is 0 Å². The molecule has 0 atom stereocenters. The van der Waals surface area contributed by atoms with Gasteiger partial charge in [-0.15, -0.1) is 0 Å². The van der Waals surface area contributed by atoms with E-state index in [9.17, 15) is 4.79 Å². The highest BCUT2D eigenvalue weighted by Gasteiger charge is 2.10. The molecule has 0 aliphatic heterocycles. The van der Waals surface area contributed by atoms with Crippen LogP contribution in [0.25, 0.3) is 0 Å². The quantitative estimate of drug-likeness (QED) is 0.718. The SMILES string of the molecule is Cc1ccc(CCc2noc(Cn3nccc(Cl)c3=O)n2)cc1. The Hall–Kier alpha value is -2.47. The van der Waals surface area contributed by atoms with Crippen LogP contribution in [-0.4, -0.2) is 19.9 Å². The Kier molecular flexibility index (Phi) is 4.52. The molecule has 3 rings (SSSR count). The summed E-state index contributed by atoms with van der Waals surface area (Å²) in [6.07, 6.45) is 2.96. The number of benzene rings is 1. The lowest BCUT2D eigenvalue weighted by Gasteiger charge is -2.00. The second-order valence-corrected chi connectivity index (χ2v) is 5.64. The van der Waals surface area contributed by atoms with E-state index in [-0.39, 0.29) is 17.1 Å². The van der Waals surface area contributed by atoms with E-state index >= 15 is 0 Å². The van der Waals surface area contributed by atoms with Crippen LogP contribution in [0.15, 0.2) is 45.8 Å². The average Bonchev–Trinajstić information content (AvgIpc) is 2.99. The minimum atomic E-state index is -0.381. The van der Waals surface area contributed by atoms with Gasteiger partial charge in [0, 0.05) is 12.6 Å². The first-order valence-corrected chi connectivity index (χ1v) is 7.58. The van der Waals surface area contributed by atoms with Gasteiger partial charge in [-0.3, -0.25) is 4.79 Å². The largest absolute Gasteiger partial charge is 0.337 e. The third-order valence-corrected chi connectivity index (χ3v) is 3.71. The van der Waals surface area contributed by atoms with E-state index < -0.39 is 0 Å². The van der Waals surface area contributed by atoms with Gasteiger partial charge in [-0.1, -0.05) is 46.6 Å². The van der Waals surface area contributed by atoms with Gasteiger partial charge >= 0.3 is 0 Å². The number of rotatable bonds is 5. The maximum atomic E-state index is 11.8. The topological polar surface area (TPSA) is 73.8 Å². The fourth-order valence-corrected chi connectivity index (χ4v) is 2.29. The Morgan fingerprint density at radius 2 is 1.96 bits per heavy atom. The summed E-state index contributed by atoms with van der Waals surface area (Å²) in [7, 11) is 0. The molecule has 3 aromatic rings. The zero-order valence-electron chi connectivity index (χ0n) is 12.6. The standard InChI is InChI=1S/C16H15ClN4O2/c1-11-2-4-12(5-3-11)6-7-14-19-15(23-20-14)10-21-16(22)13(17)8-9-18-21/h2-5,8-9H,6-7,10H2,1H3. The molecule has 2 heterocycles. The number of aromatic nitrogens is 4. The third kappa shape index (κ3) is 3.84. The first-order valence-electron chi connectivity index (χ1n) is 7.20. The molecule has 7 heteroatoms. The van der Waals surface area contributed by atoms with Crippen LogP contribution in [0.1, 0.15) is 22.8 Å². The number of halogens is 1. The van der Waals surface area contributed by atoms with E-state index in [2.05, 4.69) is 46.4 Å². The molecular formula is C16H15ClN4O2. The Balaban J connectivity index is 1.65. The molecule has 0 amide bonds. The highest BCUT2D eigenvalue weighted by Crippen LogP contribution is 2.08. The molecule has 23 heavy (non-hydrogen) atoms. The Bertz CT molecular complexity index is 855. The molecule has 6 nitrogen and oxygen atoms in total. The van der Waals surface area contributed by atoms with Crippen molar-refractivity contribution in [2.45, 2.75) is 26.3 Å². The first-order chi connectivity index (χ1) is 11.1. The van der Waals surface area contributed by atoms with E-state index in [1.54, 1.807) is 0 Å². The van der Waals surface area contributed by atoms with Crippen LogP contribution in [0.2, 0.25) is 5.02 Å². The van der Waals surface area contributed by atoms with Gasteiger partial charge in [0.25, 0.3) is 5.56 Å². The van der Waals surface area contributed by atoms with Crippen molar-refractivity contribution in [2.24, 2.45) is 0 Å². The van der Waals surface area contributed by atoms with E-state index in [1.165, 1.54) is 28.1 Å². The predicted octanol–water partition coefficient (Wildman–Crippen LogP) is 2.42. The Morgan fingerprint density at radius 3 is 2.74 bits per heavy atom. The lowest BCUT2D eigenvalue weighted by Crippen LogP contribution is -2.23. The van der Waals surface area contributed by atoms with Crippen molar-refractivity contribution in [3.05, 3.63) is 74.7 Å². The fraction of sp³-hybridized carbons (Fsp3) is 0.250. The van der Waals surface area contributed by atoms with E-state index in [0.717, 1.165) is 6.42 Å². The predicted molar refractivity (Wildman–Crippen MR) is 85.5 cm³/mol. The van der Waals surface area contributed by atoms with Crippen LogP contribution in [0.3, 0.4) is 0 Å². The molecule has 0 N–H and O–H groups in total. The van der Waals surface area contributed by atoms with Gasteiger partial charge in [-0.25, -0.2) is 4.68 Å². The summed E-state index contributed by atoms with van der Waals surface area (Å²) < 4.78 is 6.36. The summed E-state index contributed by atoms with van der Waals surface area (Å²) in [5.74, 6) is 0.941. The summed E-state index contributed by atoms with van der Waals surface area (Å²) >= 11 is 5.77. The van der Waals surface area contributed by atoms with E-state index in [1.807, 2.05) is 0 Å². The minimum Gasteiger partial charge on any atom is -0.337 e. The zero-order valence-corrected chi connectivity index (χ0v) is 13.3. The molecular weight excluding hydrogens is 316 g/mol. The molecule has 0 aliphatic carbocycles. The molecule has 2 aromatic heterocycles. The van der Waals surface area contributed by atoms with Crippen LogP contribution in [0, 0.1) is 6.92 Å². The molecule has 0 radical (unpaired) electrons. The van der Waals surface area contributed by atoms with E-state index in [4.69, 9.17) is 16.1 Å². The van der Waals surface area contributed by atoms with Gasteiger partial charge in [-0.2, -0.15) is 10.1 Å². The minimum absolute atomic E-state index is 0.108. The van der Waals surface area contributed by atoms with Gasteiger partial charge in [0.1, 0.15) is 11.6 Å². The van der Waals surface area contributed by atoms with Crippen LogP contribution in [-0.2, 0) is 19.4 Å². The third-order valence-electron chi connectivity index (χ3n) is 3.42. The number of hydrogen-bond acceptors (Lipinski definition) is 5. The van der Waals surface area contributed by atoms with Gasteiger partial charge < -0.3 is 4.52 Å². The summed E-state index contributed by atoms with van der Waals surface area (Å²) in [5.41, 5.74) is 2.07. The number of nitrogens with zero attached hydrogens (tertiary/aromatic N) is 4.